The Morgan fingerprint density at radius 1 is 1.32 bits per heavy atom. The molecule has 2 aromatic heterocycles. The van der Waals surface area contributed by atoms with Crippen molar-refractivity contribution in [1.29, 1.82) is 0 Å². The number of tetrazole rings is 1. The maximum atomic E-state index is 12.8. The van der Waals surface area contributed by atoms with Gasteiger partial charge in [0.2, 0.25) is 5.91 Å². The Labute approximate surface area is 160 Å². The summed E-state index contributed by atoms with van der Waals surface area (Å²) in [5.74, 6) is -0.134. The maximum Gasteiger partial charge on any atom is 0.276 e. The molecule has 144 valence electrons. The normalized spacial score (nSPS) is 16.8. The van der Waals surface area contributed by atoms with Crippen molar-refractivity contribution in [2.24, 2.45) is 5.92 Å². The molecule has 10 nitrogen and oxygen atoms in total. The lowest BCUT2D eigenvalue weighted by Crippen LogP contribution is -2.44. The number of piperidine rings is 1. The molecule has 1 aliphatic heterocycles. The molecule has 1 aliphatic rings. The molecular weight excluding hydrogens is 362 g/mol. The molecule has 3 aromatic rings. The Kier molecular flexibility index (Phi) is 4.83. The Bertz CT molecular complexity index is 983. The van der Waals surface area contributed by atoms with Crippen molar-refractivity contribution < 1.29 is 14.0 Å². The zero-order valence-electron chi connectivity index (χ0n) is 15.3. The predicted octanol–water partition coefficient (Wildman–Crippen LogP) is 1.45. The number of nitrogens with zero attached hydrogens (tertiary/aromatic N) is 6. The number of benzene rings is 1. The Balaban J connectivity index is 1.43. The van der Waals surface area contributed by atoms with Gasteiger partial charge in [0.25, 0.3) is 5.91 Å². The highest BCUT2D eigenvalue weighted by atomic mass is 16.3. The fraction of sp³-hybridized carbons (Fsp3) is 0.333. The largest absolute Gasteiger partial charge is 0.448 e. The molecule has 0 spiro atoms. The van der Waals surface area contributed by atoms with Crippen molar-refractivity contribution >= 4 is 17.5 Å². The van der Waals surface area contributed by atoms with Crippen LogP contribution in [-0.2, 0) is 4.79 Å². The SMILES string of the molecule is Cc1ocnc1C(=O)N1CCCC(C(=O)Nc2cccc(-n3cnnn3)c2)C1. The number of nitrogens with one attached hydrogen (secondary N) is 1. The van der Waals surface area contributed by atoms with E-state index in [-0.39, 0.29) is 17.7 Å². The summed E-state index contributed by atoms with van der Waals surface area (Å²) in [4.78, 5) is 31.0. The number of oxazole rings is 1. The first-order chi connectivity index (χ1) is 13.6. The van der Waals surface area contributed by atoms with Gasteiger partial charge < -0.3 is 14.6 Å². The van der Waals surface area contributed by atoms with E-state index in [0.29, 0.717) is 30.2 Å². The molecule has 1 N–H and O–H groups in total. The molecule has 4 rings (SSSR count). The van der Waals surface area contributed by atoms with Crippen LogP contribution in [0, 0.1) is 12.8 Å². The lowest BCUT2D eigenvalue weighted by molar-refractivity contribution is -0.121. The summed E-state index contributed by atoms with van der Waals surface area (Å²) in [5, 5.41) is 14.0. The molecule has 10 heteroatoms. The molecule has 0 bridgehead atoms. The monoisotopic (exact) mass is 381 g/mol. The second-order valence-electron chi connectivity index (χ2n) is 6.64. The van der Waals surface area contributed by atoms with Crippen molar-refractivity contribution in [2.75, 3.05) is 18.4 Å². The zero-order chi connectivity index (χ0) is 19.5. The van der Waals surface area contributed by atoms with Gasteiger partial charge in [0.05, 0.1) is 11.6 Å². The number of rotatable bonds is 4. The first-order valence-electron chi connectivity index (χ1n) is 8.95. The molecule has 1 atom stereocenters. The minimum Gasteiger partial charge on any atom is -0.448 e. The van der Waals surface area contributed by atoms with Crippen LogP contribution in [0.4, 0.5) is 5.69 Å². The number of aryl methyl sites for hydroxylation is 1. The number of carbonyl (C=O) groups is 2. The number of hydrogen-bond donors (Lipinski definition) is 1. The number of amides is 2. The minimum absolute atomic E-state index is 0.122. The fourth-order valence-electron chi connectivity index (χ4n) is 3.29. The Morgan fingerprint density at radius 2 is 2.21 bits per heavy atom. The lowest BCUT2D eigenvalue weighted by atomic mass is 9.96. The van der Waals surface area contributed by atoms with E-state index in [1.54, 1.807) is 24.0 Å². The van der Waals surface area contributed by atoms with Crippen LogP contribution in [0.15, 0.2) is 41.4 Å². The van der Waals surface area contributed by atoms with Crippen LogP contribution in [0.5, 0.6) is 0 Å². The van der Waals surface area contributed by atoms with Gasteiger partial charge >= 0.3 is 0 Å². The van der Waals surface area contributed by atoms with Gasteiger partial charge in [-0.25, -0.2) is 9.67 Å². The number of hydrogen-bond acceptors (Lipinski definition) is 7. The third-order valence-electron chi connectivity index (χ3n) is 4.75. The van der Waals surface area contributed by atoms with Gasteiger partial charge in [0.1, 0.15) is 12.1 Å². The fourth-order valence-corrected chi connectivity index (χ4v) is 3.29. The summed E-state index contributed by atoms with van der Waals surface area (Å²) in [5.41, 5.74) is 1.69. The summed E-state index contributed by atoms with van der Waals surface area (Å²) < 4.78 is 6.63. The van der Waals surface area contributed by atoms with Crippen molar-refractivity contribution in [2.45, 2.75) is 19.8 Å². The standard InChI is InChI=1S/C18H19N7O3/c1-12-16(19-11-28-12)18(27)24-7-3-4-13(9-24)17(26)21-14-5-2-6-15(8-14)25-10-20-22-23-25/h2,5-6,8,10-11,13H,3-4,7,9H2,1H3,(H,21,26). The molecular formula is C18H19N7O3. The summed E-state index contributed by atoms with van der Waals surface area (Å²) in [6.45, 7) is 2.65. The number of anilines is 1. The van der Waals surface area contributed by atoms with Crippen LogP contribution in [-0.4, -0.2) is 55.0 Å². The Morgan fingerprint density at radius 3 is 2.96 bits per heavy atom. The van der Waals surface area contributed by atoms with E-state index in [0.717, 1.165) is 18.5 Å². The highest BCUT2D eigenvalue weighted by Crippen LogP contribution is 2.22. The van der Waals surface area contributed by atoms with Gasteiger partial charge in [-0.15, -0.1) is 5.10 Å². The van der Waals surface area contributed by atoms with Gasteiger partial charge in [-0.2, -0.15) is 0 Å². The summed E-state index contributed by atoms with van der Waals surface area (Å²) in [7, 11) is 0. The molecule has 3 heterocycles. The second kappa shape index (κ2) is 7.59. The van der Waals surface area contributed by atoms with Gasteiger partial charge in [-0.3, -0.25) is 9.59 Å². The molecule has 0 aliphatic carbocycles. The first-order valence-corrected chi connectivity index (χ1v) is 8.95. The van der Waals surface area contributed by atoms with Crippen LogP contribution in [0.1, 0.15) is 29.1 Å². The molecule has 1 fully saturated rings. The summed E-state index contributed by atoms with van der Waals surface area (Å²) in [6.07, 6.45) is 4.22. The molecule has 1 unspecified atom stereocenters. The minimum atomic E-state index is -0.290. The molecule has 28 heavy (non-hydrogen) atoms. The molecule has 1 aromatic carbocycles. The third kappa shape index (κ3) is 3.61. The van der Waals surface area contributed by atoms with E-state index in [1.165, 1.54) is 17.4 Å². The summed E-state index contributed by atoms with van der Waals surface area (Å²) in [6, 6.07) is 7.25. The van der Waals surface area contributed by atoms with Crippen molar-refractivity contribution in [3.05, 3.63) is 48.4 Å². The molecule has 0 radical (unpaired) electrons. The van der Waals surface area contributed by atoms with Crippen molar-refractivity contribution in [3.63, 3.8) is 0 Å². The van der Waals surface area contributed by atoms with Crippen LogP contribution in [0.3, 0.4) is 0 Å². The van der Waals surface area contributed by atoms with E-state index >= 15 is 0 Å². The van der Waals surface area contributed by atoms with Crippen molar-refractivity contribution in [3.8, 4) is 5.69 Å². The van der Waals surface area contributed by atoms with Crippen LogP contribution >= 0.6 is 0 Å². The predicted molar refractivity (Wildman–Crippen MR) is 97.7 cm³/mol. The topological polar surface area (TPSA) is 119 Å². The van der Waals surface area contributed by atoms with Gasteiger partial charge in [-0.05, 0) is 48.4 Å². The van der Waals surface area contributed by atoms with E-state index in [1.807, 2.05) is 12.1 Å². The average Bonchev–Trinajstić information content (AvgIpc) is 3.39. The van der Waals surface area contributed by atoms with Crippen LogP contribution in [0.25, 0.3) is 5.69 Å². The van der Waals surface area contributed by atoms with Gasteiger partial charge in [0, 0.05) is 18.8 Å². The highest BCUT2D eigenvalue weighted by molar-refractivity contribution is 5.95. The van der Waals surface area contributed by atoms with E-state index < -0.39 is 0 Å². The van der Waals surface area contributed by atoms with Crippen LogP contribution < -0.4 is 5.32 Å². The number of carbonyl (C=O) groups excluding carboxylic acids is 2. The van der Waals surface area contributed by atoms with E-state index in [9.17, 15) is 9.59 Å². The van der Waals surface area contributed by atoms with Crippen molar-refractivity contribution in [1.82, 2.24) is 30.1 Å². The average molecular weight is 381 g/mol. The molecule has 2 amide bonds. The molecule has 1 saturated heterocycles. The highest BCUT2D eigenvalue weighted by Gasteiger charge is 2.30. The Hall–Kier alpha value is -3.56. The van der Waals surface area contributed by atoms with Gasteiger partial charge in [0.15, 0.2) is 12.1 Å². The third-order valence-corrected chi connectivity index (χ3v) is 4.75. The smallest absolute Gasteiger partial charge is 0.276 e. The maximum absolute atomic E-state index is 12.8. The van der Waals surface area contributed by atoms with E-state index in [4.69, 9.17) is 4.42 Å². The van der Waals surface area contributed by atoms with Crippen LogP contribution in [0.2, 0.25) is 0 Å². The zero-order valence-corrected chi connectivity index (χ0v) is 15.3. The molecule has 0 saturated carbocycles. The first kappa shape index (κ1) is 17.8. The summed E-state index contributed by atoms with van der Waals surface area (Å²) >= 11 is 0. The number of aromatic nitrogens is 5. The quantitative estimate of drug-likeness (QED) is 0.726. The lowest BCUT2D eigenvalue weighted by Gasteiger charge is -2.31. The number of likely N-dealkylation sites (tertiary alicyclic amines) is 1. The van der Waals surface area contributed by atoms with E-state index in [2.05, 4.69) is 25.8 Å². The second-order valence-corrected chi connectivity index (χ2v) is 6.64. The van der Waals surface area contributed by atoms with Gasteiger partial charge in [-0.1, -0.05) is 6.07 Å².